The molecule has 0 aromatic carbocycles. The number of thiol groups is 1. The van der Waals surface area contributed by atoms with E-state index in [-0.39, 0.29) is 0 Å². The Morgan fingerprint density at radius 1 is 0.704 bits per heavy atom. The molecular weight excluding hydrogens is 392 g/mol. The van der Waals surface area contributed by atoms with Gasteiger partial charge in [0, 0.05) is 35.9 Å². The van der Waals surface area contributed by atoms with E-state index in [2.05, 4.69) is 32.6 Å². The molecule has 3 heterocycles. The molecule has 4 nitrogen and oxygen atoms in total. The predicted octanol–water partition coefficient (Wildman–Crippen LogP) is 7.33. The maximum Gasteiger partial charge on any atom is 0.121 e. The maximum absolute atomic E-state index is 4.76. The highest BCUT2D eigenvalue weighted by Crippen LogP contribution is 1.98. The van der Waals surface area contributed by atoms with Crippen molar-refractivity contribution in [1.82, 2.24) is 19.9 Å². The number of nitrogens with one attached hydrogen (secondary N) is 2. The van der Waals surface area contributed by atoms with E-state index in [0.29, 0.717) is 4.64 Å². The summed E-state index contributed by atoms with van der Waals surface area (Å²) in [7, 11) is 0. The predicted molar refractivity (Wildman–Crippen MR) is 127 cm³/mol. The lowest BCUT2D eigenvalue weighted by atomic mass is 10.5. The van der Waals surface area contributed by atoms with Crippen LogP contribution in [0.15, 0.2) is 72.4 Å². The van der Waals surface area contributed by atoms with Gasteiger partial charge in [-0.15, -0.1) is 12.6 Å². The number of nitrogens with zero attached hydrogens (tertiary/aromatic N) is 2. The van der Waals surface area contributed by atoms with Crippen molar-refractivity contribution in [2.24, 2.45) is 0 Å². The molecule has 0 radical (unpaired) electrons. The number of pyridine rings is 2. The van der Waals surface area contributed by atoms with Crippen molar-refractivity contribution in [3.05, 3.63) is 76.8 Å². The standard InChI is InChI=1S/2C5H5NS.C4H4N2S.3C2H6/c7-5-2-1-3-6-4-5;7-5-3-1-2-4-6-5;7-4-3-5-1-2-6-4;3*1-2/h1-4,7H;1-4H,(H,6,7);1-3H,(H,6,7);3*1-2H3. The molecule has 0 amide bonds. The molecule has 0 unspecified atom stereocenters. The van der Waals surface area contributed by atoms with Crippen molar-refractivity contribution in [3.63, 3.8) is 0 Å². The molecule has 7 heteroatoms. The van der Waals surface area contributed by atoms with Gasteiger partial charge in [-0.3, -0.25) is 9.97 Å². The Hall–Kier alpha value is -1.83. The monoisotopic (exact) mass is 424 g/mol. The van der Waals surface area contributed by atoms with Gasteiger partial charge in [-0.1, -0.05) is 72.0 Å². The average molecular weight is 425 g/mol. The molecule has 0 saturated heterocycles. The van der Waals surface area contributed by atoms with E-state index < -0.39 is 0 Å². The van der Waals surface area contributed by atoms with Gasteiger partial charge in [-0.2, -0.15) is 0 Å². The van der Waals surface area contributed by atoms with Crippen LogP contribution in [-0.2, 0) is 0 Å². The zero-order valence-electron chi connectivity index (χ0n) is 17.0. The molecule has 0 saturated carbocycles. The second kappa shape index (κ2) is 26.4. The van der Waals surface area contributed by atoms with Crippen LogP contribution in [0, 0.1) is 9.28 Å². The molecule has 0 fully saturated rings. The van der Waals surface area contributed by atoms with Crippen LogP contribution < -0.4 is 0 Å². The minimum absolute atomic E-state index is 0.669. The van der Waals surface area contributed by atoms with Crippen LogP contribution in [0.1, 0.15) is 41.5 Å². The molecule has 0 bridgehead atoms. The third-order valence-electron chi connectivity index (χ3n) is 1.90. The summed E-state index contributed by atoms with van der Waals surface area (Å²) in [5, 5.41) is 0. The lowest BCUT2D eigenvalue weighted by Crippen LogP contribution is -1.71. The number of rotatable bonds is 0. The number of aromatic amines is 2. The van der Waals surface area contributed by atoms with Gasteiger partial charge in [0.25, 0.3) is 0 Å². The molecule has 3 aromatic rings. The summed E-state index contributed by atoms with van der Waals surface area (Å²) < 4.78 is 1.45. The third-order valence-corrected chi connectivity index (χ3v) is 2.65. The quantitative estimate of drug-likeness (QED) is 0.261. The lowest BCUT2D eigenvalue weighted by Gasteiger charge is -1.81. The zero-order chi connectivity index (χ0) is 21.3. The number of hydrogen-bond acceptors (Lipinski definition) is 5. The molecule has 27 heavy (non-hydrogen) atoms. The number of H-pyrrole nitrogens is 2. The average Bonchev–Trinajstić information content (AvgIpc) is 2.75. The van der Waals surface area contributed by atoms with Crippen LogP contribution in [0.5, 0.6) is 0 Å². The molecule has 0 aliphatic heterocycles. The van der Waals surface area contributed by atoms with E-state index in [4.69, 9.17) is 24.4 Å². The van der Waals surface area contributed by atoms with E-state index in [9.17, 15) is 0 Å². The summed E-state index contributed by atoms with van der Waals surface area (Å²) in [6.45, 7) is 12.0. The van der Waals surface area contributed by atoms with Gasteiger partial charge < -0.3 is 9.97 Å². The van der Waals surface area contributed by atoms with Crippen LogP contribution in [0.3, 0.4) is 0 Å². The largest absolute Gasteiger partial charge is 0.353 e. The van der Waals surface area contributed by atoms with Gasteiger partial charge in [0.05, 0.1) is 6.20 Å². The third kappa shape index (κ3) is 24.2. The molecule has 0 aliphatic carbocycles. The van der Waals surface area contributed by atoms with Crippen molar-refractivity contribution in [3.8, 4) is 0 Å². The lowest BCUT2D eigenvalue weighted by molar-refractivity contribution is 1.18. The van der Waals surface area contributed by atoms with Crippen LogP contribution in [0.2, 0.25) is 0 Å². The van der Waals surface area contributed by atoms with Crippen molar-refractivity contribution in [2.45, 2.75) is 46.4 Å². The molecule has 3 aromatic heterocycles. The molecule has 0 aliphatic rings. The summed E-state index contributed by atoms with van der Waals surface area (Å²) >= 11 is 13.5. The van der Waals surface area contributed by atoms with Gasteiger partial charge in [-0.05, 0) is 24.3 Å². The van der Waals surface area contributed by atoms with Crippen LogP contribution in [0.25, 0.3) is 0 Å². The molecule has 3 rings (SSSR count). The van der Waals surface area contributed by atoms with Gasteiger partial charge >= 0.3 is 0 Å². The first kappa shape index (κ1) is 29.9. The van der Waals surface area contributed by atoms with E-state index in [0.717, 1.165) is 9.54 Å². The Morgan fingerprint density at radius 2 is 1.30 bits per heavy atom. The summed E-state index contributed by atoms with van der Waals surface area (Å²) in [6, 6.07) is 9.38. The van der Waals surface area contributed by atoms with Crippen LogP contribution in [-0.4, -0.2) is 19.9 Å². The highest BCUT2D eigenvalue weighted by atomic mass is 32.1. The molecule has 0 atom stereocenters. The highest BCUT2D eigenvalue weighted by Gasteiger charge is 1.74. The Morgan fingerprint density at radius 3 is 1.52 bits per heavy atom. The molecular formula is C20H32N4S3. The summed E-state index contributed by atoms with van der Waals surface area (Å²) in [5.41, 5.74) is 0. The Labute approximate surface area is 180 Å². The van der Waals surface area contributed by atoms with Crippen LogP contribution >= 0.6 is 37.1 Å². The SMILES string of the molecule is CC.CC.CC.S=c1cccc[nH]1.S=c1cncc[nH]1.Sc1cccnc1. The second-order valence-corrected chi connectivity index (χ2v) is 4.94. The van der Waals surface area contributed by atoms with Gasteiger partial charge in [0.15, 0.2) is 0 Å². The van der Waals surface area contributed by atoms with E-state index in [1.807, 2.05) is 78.1 Å². The molecule has 0 spiro atoms. The number of aromatic nitrogens is 4. The fourth-order valence-electron chi connectivity index (χ4n) is 1.04. The van der Waals surface area contributed by atoms with Crippen molar-refractivity contribution < 1.29 is 0 Å². The van der Waals surface area contributed by atoms with E-state index >= 15 is 0 Å². The van der Waals surface area contributed by atoms with Crippen molar-refractivity contribution in [1.29, 1.82) is 0 Å². The Balaban J connectivity index is -0.000000281. The minimum atomic E-state index is 0.669. The van der Waals surface area contributed by atoms with Gasteiger partial charge in [0.2, 0.25) is 0 Å². The Bertz CT molecular complexity index is 648. The first-order chi connectivity index (χ1) is 13.2. The number of hydrogen-bond donors (Lipinski definition) is 3. The maximum atomic E-state index is 4.76. The second-order valence-electron chi connectivity index (χ2n) is 3.54. The summed E-state index contributed by atoms with van der Waals surface area (Å²) in [6.07, 6.45) is 10.2. The van der Waals surface area contributed by atoms with Crippen LogP contribution in [0.4, 0.5) is 0 Å². The topological polar surface area (TPSA) is 57.4 Å². The normalized spacial score (nSPS) is 7.37. The summed E-state index contributed by atoms with van der Waals surface area (Å²) in [4.78, 5) is 14.1. The zero-order valence-corrected chi connectivity index (χ0v) is 19.5. The van der Waals surface area contributed by atoms with E-state index in [1.165, 1.54) is 0 Å². The van der Waals surface area contributed by atoms with E-state index in [1.54, 1.807) is 31.0 Å². The smallest absolute Gasteiger partial charge is 0.121 e. The highest BCUT2D eigenvalue weighted by molar-refractivity contribution is 7.80. The first-order valence-electron chi connectivity index (χ1n) is 8.90. The van der Waals surface area contributed by atoms with Crippen molar-refractivity contribution in [2.75, 3.05) is 0 Å². The first-order valence-corrected chi connectivity index (χ1v) is 10.2. The molecule has 150 valence electrons. The fraction of sp³-hybridized carbons (Fsp3) is 0.300. The van der Waals surface area contributed by atoms with Gasteiger partial charge in [0.1, 0.15) is 9.28 Å². The summed E-state index contributed by atoms with van der Waals surface area (Å²) in [5.74, 6) is 0. The van der Waals surface area contributed by atoms with Gasteiger partial charge in [-0.25, -0.2) is 0 Å². The molecule has 2 N–H and O–H groups in total. The fourth-order valence-corrected chi connectivity index (χ4v) is 1.47. The Kier molecular flexibility index (Phi) is 29.3. The minimum Gasteiger partial charge on any atom is -0.353 e. The van der Waals surface area contributed by atoms with Crippen molar-refractivity contribution >= 4 is 37.1 Å².